The first-order valence-electron chi connectivity index (χ1n) is 12.6. The van der Waals surface area contributed by atoms with E-state index >= 15 is 0 Å². The van der Waals surface area contributed by atoms with Crippen LogP contribution in [0, 0.1) is 26.3 Å². The summed E-state index contributed by atoms with van der Waals surface area (Å²) in [7, 11) is 1.98. The molecule has 2 heterocycles. The second kappa shape index (κ2) is 8.47. The second-order valence-electron chi connectivity index (χ2n) is 9.13. The fraction of sp³-hybridized carbons (Fsp3) is 0.226. The molecule has 0 bridgehead atoms. The fourth-order valence-corrected chi connectivity index (χ4v) is 4.76. The van der Waals surface area contributed by atoms with E-state index in [1.165, 1.54) is 0 Å². The number of rotatable bonds is 4. The van der Waals surface area contributed by atoms with Gasteiger partial charge in [-0.3, -0.25) is 0 Å². The van der Waals surface area contributed by atoms with Crippen LogP contribution >= 0.6 is 0 Å². The molecule has 3 nitrogen and oxygen atoms in total. The number of aryl methyl sites for hydroxylation is 1. The SMILES string of the molecule is [2H]C([2H])(c1ccc(-c2c(C)ccc3c2oc2c(-c4ccccc4)c([N+]#[C-])ccc23)[n+](C)c1C)C(C)C. The third-order valence-electron chi connectivity index (χ3n) is 6.54. The van der Waals surface area contributed by atoms with E-state index < -0.39 is 6.37 Å². The number of hydrogen-bond donors (Lipinski definition) is 0. The van der Waals surface area contributed by atoms with Gasteiger partial charge >= 0.3 is 0 Å². The van der Waals surface area contributed by atoms with Crippen molar-refractivity contribution in [2.45, 2.75) is 34.1 Å². The Hall–Kier alpha value is -3.90. The van der Waals surface area contributed by atoms with Gasteiger partial charge in [-0.1, -0.05) is 68.4 Å². The van der Waals surface area contributed by atoms with Gasteiger partial charge < -0.3 is 4.42 Å². The zero-order valence-corrected chi connectivity index (χ0v) is 20.2. The molecule has 5 rings (SSSR count). The van der Waals surface area contributed by atoms with Crippen LogP contribution in [0.4, 0.5) is 5.69 Å². The van der Waals surface area contributed by atoms with Crippen LogP contribution in [0.1, 0.15) is 33.4 Å². The van der Waals surface area contributed by atoms with E-state index in [1.54, 1.807) is 0 Å². The Labute approximate surface area is 203 Å². The minimum absolute atomic E-state index is 0.143. The molecule has 0 saturated carbocycles. The second-order valence-corrected chi connectivity index (χ2v) is 9.13. The van der Waals surface area contributed by atoms with Gasteiger partial charge in [0.2, 0.25) is 5.69 Å². The summed E-state index contributed by atoms with van der Waals surface area (Å²) in [5.41, 5.74) is 8.42. The molecule has 0 saturated heterocycles. The summed E-state index contributed by atoms with van der Waals surface area (Å²) in [6.45, 7) is 15.6. The molecule has 2 aromatic heterocycles. The Morgan fingerprint density at radius 2 is 1.59 bits per heavy atom. The van der Waals surface area contributed by atoms with Gasteiger partial charge in [-0.15, -0.1) is 0 Å². The predicted molar refractivity (Wildman–Crippen MR) is 140 cm³/mol. The van der Waals surface area contributed by atoms with Crippen LogP contribution < -0.4 is 4.57 Å². The number of furan rings is 1. The molecule has 0 radical (unpaired) electrons. The van der Waals surface area contributed by atoms with Crippen LogP contribution in [0.5, 0.6) is 0 Å². The molecule has 3 heteroatoms. The number of nitrogens with zero attached hydrogens (tertiary/aromatic N) is 2. The molecule has 5 aromatic rings. The molecular formula is C31H29N2O+. The van der Waals surface area contributed by atoms with Crippen molar-refractivity contribution in [2.24, 2.45) is 13.0 Å². The Balaban J connectivity index is 1.83. The quantitative estimate of drug-likeness (QED) is 0.201. The fourth-order valence-electron chi connectivity index (χ4n) is 4.76. The van der Waals surface area contributed by atoms with E-state index in [0.29, 0.717) is 16.8 Å². The highest BCUT2D eigenvalue weighted by Gasteiger charge is 2.24. The smallest absolute Gasteiger partial charge is 0.216 e. The molecule has 3 aromatic carbocycles. The minimum Gasteiger partial charge on any atom is -0.456 e. The lowest BCUT2D eigenvalue weighted by Gasteiger charge is -2.11. The van der Waals surface area contributed by atoms with Crippen LogP contribution in [-0.2, 0) is 13.4 Å². The van der Waals surface area contributed by atoms with Crippen molar-refractivity contribution in [3.05, 3.63) is 95.0 Å². The van der Waals surface area contributed by atoms with Crippen LogP contribution in [0.25, 0.3) is 49.2 Å². The van der Waals surface area contributed by atoms with Crippen LogP contribution in [0.3, 0.4) is 0 Å². The van der Waals surface area contributed by atoms with Crippen molar-refractivity contribution in [1.29, 1.82) is 0 Å². The van der Waals surface area contributed by atoms with Crippen molar-refractivity contribution in [3.63, 3.8) is 0 Å². The Morgan fingerprint density at radius 1 is 0.912 bits per heavy atom. The molecule has 0 fully saturated rings. The van der Waals surface area contributed by atoms with Crippen LogP contribution in [0.2, 0.25) is 0 Å². The summed E-state index contributed by atoms with van der Waals surface area (Å²) in [6.07, 6.45) is -1.43. The van der Waals surface area contributed by atoms with Crippen molar-refractivity contribution in [3.8, 4) is 22.4 Å². The summed E-state index contributed by atoms with van der Waals surface area (Å²) in [6, 6.07) is 21.9. The van der Waals surface area contributed by atoms with Crippen LogP contribution in [0.15, 0.2) is 71.1 Å². The highest BCUT2D eigenvalue weighted by atomic mass is 16.3. The molecule has 0 aliphatic heterocycles. The Kier molecular flexibility index (Phi) is 4.87. The zero-order chi connectivity index (χ0) is 25.8. The lowest BCUT2D eigenvalue weighted by molar-refractivity contribution is -0.667. The molecule has 34 heavy (non-hydrogen) atoms. The lowest BCUT2D eigenvalue weighted by Crippen LogP contribution is -2.36. The van der Waals surface area contributed by atoms with Gasteiger partial charge in [-0.2, -0.15) is 4.57 Å². The first-order valence-corrected chi connectivity index (χ1v) is 11.6. The van der Waals surface area contributed by atoms with E-state index in [0.717, 1.165) is 50.0 Å². The summed E-state index contributed by atoms with van der Waals surface area (Å²) in [5, 5.41) is 1.98. The van der Waals surface area contributed by atoms with Gasteiger partial charge in [-0.05, 0) is 36.4 Å². The van der Waals surface area contributed by atoms with Gasteiger partial charge in [0.05, 0.1) is 12.1 Å². The normalized spacial score (nSPS) is 12.7. The molecule has 0 spiro atoms. The average Bonchev–Trinajstić information content (AvgIpc) is 3.24. The molecular weight excluding hydrogens is 416 g/mol. The van der Waals surface area contributed by atoms with Crippen molar-refractivity contribution in [1.82, 2.24) is 0 Å². The van der Waals surface area contributed by atoms with Crippen molar-refractivity contribution < 1.29 is 11.7 Å². The molecule has 0 aliphatic rings. The number of benzene rings is 3. The summed E-state index contributed by atoms with van der Waals surface area (Å²) < 4.78 is 26.0. The first-order chi connectivity index (χ1) is 17.2. The number of aromatic nitrogens is 1. The van der Waals surface area contributed by atoms with Gasteiger partial charge in [0.25, 0.3) is 0 Å². The molecule has 0 amide bonds. The summed E-state index contributed by atoms with van der Waals surface area (Å²) in [5.74, 6) is -0.143. The average molecular weight is 448 g/mol. The van der Waals surface area contributed by atoms with Gasteiger partial charge in [0, 0.05) is 37.6 Å². The van der Waals surface area contributed by atoms with Crippen LogP contribution in [-0.4, -0.2) is 0 Å². The molecule has 0 atom stereocenters. The van der Waals surface area contributed by atoms with E-state index in [4.69, 9.17) is 13.7 Å². The van der Waals surface area contributed by atoms with Gasteiger partial charge in [-0.25, -0.2) is 4.85 Å². The maximum Gasteiger partial charge on any atom is 0.216 e. The first kappa shape index (κ1) is 19.6. The maximum absolute atomic E-state index is 8.64. The number of hydrogen-bond acceptors (Lipinski definition) is 1. The Morgan fingerprint density at radius 3 is 2.26 bits per heavy atom. The maximum atomic E-state index is 8.64. The van der Waals surface area contributed by atoms with E-state index in [1.807, 2.05) is 82.4 Å². The topological polar surface area (TPSA) is 21.4 Å². The lowest BCUT2D eigenvalue weighted by atomic mass is 9.96. The summed E-state index contributed by atoms with van der Waals surface area (Å²) in [4.78, 5) is 3.79. The monoisotopic (exact) mass is 447 g/mol. The zero-order valence-electron chi connectivity index (χ0n) is 22.2. The molecule has 0 N–H and O–H groups in total. The third-order valence-corrected chi connectivity index (χ3v) is 6.54. The third kappa shape index (κ3) is 3.47. The van der Waals surface area contributed by atoms with Gasteiger partial charge in [0.1, 0.15) is 18.2 Å². The Bertz CT molecular complexity index is 1680. The number of fused-ring (bicyclic) bond motifs is 3. The minimum atomic E-state index is -1.43. The van der Waals surface area contributed by atoms with E-state index in [-0.39, 0.29) is 5.92 Å². The summed E-state index contributed by atoms with van der Waals surface area (Å²) >= 11 is 0. The largest absolute Gasteiger partial charge is 0.456 e. The highest BCUT2D eigenvalue weighted by Crippen LogP contribution is 2.44. The molecule has 168 valence electrons. The van der Waals surface area contributed by atoms with Crippen molar-refractivity contribution in [2.75, 3.05) is 0 Å². The molecule has 0 unspecified atom stereocenters. The highest BCUT2D eigenvalue weighted by molar-refractivity contribution is 6.15. The number of pyridine rings is 1. The predicted octanol–water partition coefficient (Wildman–Crippen LogP) is 8.11. The standard InChI is InChI=1S/C31H29N2O/c1-19(2)18-23-13-17-27(33(6)21(23)4)28-20(3)12-14-24-25-15-16-26(32-5)29(31(25)34-30(24)28)22-10-8-7-9-11-22/h7-17,19H,18H2,1-4,6H3/q+1/i18D2. The van der Waals surface area contributed by atoms with Crippen molar-refractivity contribution >= 4 is 27.6 Å². The van der Waals surface area contributed by atoms with Gasteiger partial charge in [0.15, 0.2) is 11.4 Å². The molecule has 0 aliphatic carbocycles. The van der Waals surface area contributed by atoms with E-state index in [2.05, 4.69) is 28.5 Å². The van der Waals surface area contributed by atoms with E-state index in [9.17, 15) is 0 Å².